The zero-order valence-electron chi connectivity index (χ0n) is 15.5. The predicted octanol–water partition coefficient (Wildman–Crippen LogP) is -0.304. The van der Waals surface area contributed by atoms with Crippen molar-refractivity contribution >= 4 is 30.0 Å². The van der Waals surface area contributed by atoms with Gasteiger partial charge in [-0.2, -0.15) is 0 Å². The first-order chi connectivity index (χ1) is 12.7. The SMILES string of the molecule is CCN1C(=O)N(COC(C)=O)C2C1N(COC(C)=O)C(=O)N2COC(C)=O. The fraction of sp³-hybridized carbons (Fsp3) is 0.667. The van der Waals surface area contributed by atoms with E-state index < -0.39 is 49.0 Å². The number of fused-ring (bicyclic) bond motifs is 1. The molecule has 2 aliphatic heterocycles. The molecule has 27 heavy (non-hydrogen) atoms. The van der Waals surface area contributed by atoms with E-state index in [4.69, 9.17) is 14.2 Å². The van der Waals surface area contributed by atoms with Gasteiger partial charge in [-0.05, 0) is 6.92 Å². The minimum absolute atomic E-state index is 0.252. The molecule has 12 nitrogen and oxygen atoms in total. The lowest BCUT2D eigenvalue weighted by Gasteiger charge is -2.28. The van der Waals surface area contributed by atoms with Gasteiger partial charge in [0, 0.05) is 27.3 Å². The third-order valence-electron chi connectivity index (χ3n) is 4.09. The van der Waals surface area contributed by atoms with Crippen molar-refractivity contribution in [2.75, 3.05) is 26.7 Å². The first kappa shape index (κ1) is 20.3. The number of hydrogen-bond acceptors (Lipinski definition) is 8. The lowest BCUT2D eigenvalue weighted by molar-refractivity contribution is -0.149. The van der Waals surface area contributed by atoms with Gasteiger partial charge >= 0.3 is 30.0 Å². The van der Waals surface area contributed by atoms with Gasteiger partial charge in [-0.25, -0.2) is 9.59 Å². The summed E-state index contributed by atoms with van der Waals surface area (Å²) in [4.78, 5) is 63.9. The lowest BCUT2D eigenvalue weighted by atomic mass is 10.3. The van der Waals surface area contributed by atoms with E-state index in [0.29, 0.717) is 0 Å². The van der Waals surface area contributed by atoms with Crippen LogP contribution in [0.3, 0.4) is 0 Å². The zero-order chi connectivity index (χ0) is 20.3. The van der Waals surface area contributed by atoms with Crippen molar-refractivity contribution < 1.29 is 38.2 Å². The first-order valence-corrected chi connectivity index (χ1v) is 8.23. The summed E-state index contributed by atoms with van der Waals surface area (Å²) in [6, 6.07) is -1.06. The van der Waals surface area contributed by atoms with E-state index in [1.54, 1.807) is 6.92 Å². The molecule has 4 amide bonds. The summed E-state index contributed by atoms with van der Waals surface area (Å²) < 4.78 is 14.8. The number of carbonyl (C=O) groups is 5. The molecule has 0 radical (unpaired) electrons. The summed E-state index contributed by atoms with van der Waals surface area (Å²) in [5.74, 6) is -1.80. The second-order valence-electron chi connectivity index (χ2n) is 5.88. The van der Waals surface area contributed by atoms with Crippen LogP contribution in [0.5, 0.6) is 0 Å². The van der Waals surface area contributed by atoms with Crippen LogP contribution in [0.1, 0.15) is 27.7 Å². The molecular weight excluding hydrogens is 364 g/mol. The van der Waals surface area contributed by atoms with Crippen LogP contribution in [0, 0.1) is 0 Å². The molecule has 2 saturated heterocycles. The lowest BCUT2D eigenvalue weighted by Crippen LogP contribution is -2.48. The maximum atomic E-state index is 12.8. The number of carbonyl (C=O) groups excluding carboxylic acids is 5. The maximum absolute atomic E-state index is 12.8. The molecule has 2 rings (SSSR count). The summed E-state index contributed by atoms with van der Waals surface area (Å²) in [6.07, 6.45) is -1.69. The minimum atomic E-state index is -0.890. The Balaban J connectivity index is 2.35. The highest BCUT2D eigenvalue weighted by atomic mass is 16.6. The standard InChI is InChI=1S/C15H22N4O8/c1-5-16-12-13(18(14(16)23)7-26-10(3)21)19(8-27-11(4)22)15(24)17(12)6-25-9(2)20/h12-13H,5-8H2,1-4H3. The van der Waals surface area contributed by atoms with Crippen molar-refractivity contribution in [2.45, 2.75) is 40.0 Å². The van der Waals surface area contributed by atoms with Crippen LogP contribution in [-0.2, 0) is 28.6 Å². The van der Waals surface area contributed by atoms with Crippen LogP contribution >= 0.6 is 0 Å². The zero-order valence-corrected chi connectivity index (χ0v) is 15.5. The Labute approximate surface area is 155 Å². The van der Waals surface area contributed by atoms with E-state index in [1.807, 2.05) is 0 Å². The van der Waals surface area contributed by atoms with Gasteiger partial charge in [0.15, 0.2) is 32.5 Å². The normalized spacial score (nSPS) is 21.5. The fourth-order valence-corrected chi connectivity index (χ4v) is 2.96. The second kappa shape index (κ2) is 8.10. The van der Waals surface area contributed by atoms with Gasteiger partial charge < -0.3 is 19.1 Å². The minimum Gasteiger partial charge on any atom is -0.444 e. The van der Waals surface area contributed by atoms with Gasteiger partial charge in [-0.3, -0.25) is 29.1 Å². The van der Waals surface area contributed by atoms with E-state index in [-0.39, 0.29) is 20.0 Å². The van der Waals surface area contributed by atoms with Crippen LogP contribution < -0.4 is 0 Å². The van der Waals surface area contributed by atoms with Crippen molar-refractivity contribution in [3.8, 4) is 0 Å². The summed E-state index contributed by atoms with van der Waals surface area (Å²) in [5.41, 5.74) is 0. The quantitative estimate of drug-likeness (QED) is 0.431. The number of esters is 3. The van der Waals surface area contributed by atoms with Crippen LogP contribution in [0.2, 0.25) is 0 Å². The average molecular weight is 386 g/mol. The molecule has 2 heterocycles. The third kappa shape index (κ3) is 4.04. The molecule has 0 aromatic heterocycles. The van der Waals surface area contributed by atoms with E-state index in [9.17, 15) is 24.0 Å². The van der Waals surface area contributed by atoms with Gasteiger partial charge in [0.2, 0.25) is 0 Å². The Bertz CT molecular complexity index is 638. The van der Waals surface area contributed by atoms with Gasteiger partial charge in [0.25, 0.3) is 0 Å². The topological polar surface area (TPSA) is 126 Å². The smallest absolute Gasteiger partial charge is 0.328 e. The molecule has 0 spiro atoms. The van der Waals surface area contributed by atoms with E-state index >= 15 is 0 Å². The molecule has 0 aromatic carbocycles. The molecule has 2 atom stereocenters. The number of nitrogens with zero attached hydrogens (tertiary/aromatic N) is 4. The third-order valence-corrected chi connectivity index (χ3v) is 4.09. The Kier molecular flexibility index (Phi) is 6.08. The summed E-state index contributed by atoms with van der Waals surface area (Å²) in [6.45, 7) is 4.37. The average Bonchev–Trinajstić information content (AvgIpc) is 2.99. The molecule has 0 aliphatic carbocycles. The molecular formula is C15H22N4O8. The van der Waals surface area contributed by atoms with Crippen molar-refractivity contribution in [2.24, 2.45) is 0 Å². The molecule has 2 fully saturated rings. The second-order valence-corrected chi connectivity index (χ2v) is 5.88. The monoisotopic (exact) mass is 386 g/mol. The molecule has 12 heteroatoms. The number of hydrogen-bond donors (Lipinski definition) is 0. The predicted molar refractivity (Wildman–Crippen MR) is 86.2 cm³/mol. The number of likely N-dealkylation sites (N-methyl/N-ethyl adjacent to an activating group) is 1. The van der Waals surface area contributed by atoms with Crippen molar-refractivity contribution in [1.82, 2.24) is 19.6 Å². The number of ether oxygens (including phenoxy) is 3. The molecule has 0 aromatic rings. The summed E-state index contributed by atoms with van der Waals surface area (Å²) in [5, 5.41) is 0. The van der Waals surface area contributed by atoms with E-state index in [0.717, 1.165) is 4.90 Å². The maximum Gasteiger partial charge on any atom is 0.328 e. The van der Waals surface area contributed by atoms with Crippen molar-refractivity contribution in [3.05, 3.63) is 0 Å². The van der Waals surface area contributed by atoms with Crippen LogP contribution in [-0.4, -0.2) is 88.6 Å². The Hall–Kier alpha value is -3.05. The van der Waals surface area contributed by atoms with Gasteiger partial charge in [0.1, 0.15) is 0 Å². The number of urea groups is 2. The van der Waals surface area contributed by atoms with Crippen LogP contribution in [0.25, 0.3) is 0 Å². The van der Waals surface area contributed by atoms with E-state index in [2.05, 4.69) is 0 Å². The molecule has 0 N–H and O–H groups in total. The molecule has 2 aliphatic rings. The molecule has 2 unspecified atom stereocenters. The van der Waals surface area contributed by atoms with Crippen LogP contribution in [0.15, 0.2) is 0 Å². The molecule has 150 valence electrons. The Morgan fingerprint density at radius 3 is 1.30 bits per heavy atom. The van der Waals surface area contributed by atoms with Gasteiger partial charge in [-0.15, -0.1) is 0 Å². The largest absolute Gasteiger partial charge is 0.444 e. The number of rotatable bonds is 7. The first-order valence-electron chi connectivity index (χ1n) is 8.23. The molecule has 0 bridgehead atoms. The Morgan fingerprint density at radius 1 is 0.704 bits per heavy atom. The van der Waals surface area contributed by atoms with Gasteiger partial charge in [-0.1, -0.05) is 0 Å². The highest BCUT2D eigenvalue weighted by Crippen LogP contribution is 2.34. The van der Waals surface area contributed by atoms with E-state index in [1.165, 1.54) is 35.5 Å². The molecule has 0 saturated carbocycles. The number of amides is 4. The van der Waals surface area contributed by atoms with Crippen LogP contribution in [0.4, 0.5) is 9.59 Å². The van der Waals surface area contributed by atoms with Crippen molar-refractivity contribution in [3.63, 3.8) is 0 Å². The summed E-state index contributed by atoms with van der Waals surface area (Å²) in [7, 11) is 0. The fourth-order valence-electron chi connectivity index (χ4n) is 2.96. The Morgan fingerprint density at radius 2 is 1.00 bits per heavy atom. The van der Waals surface area contributed by atoms with Crippen molar-refractivity contribution in [1.29, 1.82) is 0 Å². The highest BCUT2D eigenvalue weighted by Gasteiger charge is 2.59. The summed E-state index contributed by atoms with van der Waals surface area (Å²) >= 11 is 0. The van der Waals surface area contributed by atoms with Gasteiger partial charge in [0.05, 0.1) is 0 Å². The highest BCUT2D eigenvalue weighted by molar-refractivity contribution is 5.85.